The summed E-state index contributed by atoms with van der Waals surface area (Å²) in [6.45, 7) is 1.93. The van der Waals surface area contributed by atoms with E-state index < -0.39 is 0 Å². The summed E-state index contributed by atoms with van der Waals surface area (Å²) in [6, 6.07) is 5.62. The monoisotopic (exact) mass is 233 g/mol. The van der Waals surface area contributed by atoms with Gasteiger partial charge in [0.2, 0.25) is 0 Å². The second-order valence-corrected chi connectivity index (χ2v) is 3.75. The van der Waals surface area contributed by atoms with E-state index in [2.05, 4.69) is 15.9 Å². The van der Waals surface area contributed by atoms with E-state index in [9.17, 15) is 0 Å². The predicted molar refractivity (Wildman–Crippen MR) is 51.8 cm³/mol. The minimum atomic E-state index is 0.0167. The third-order valence-electron chi connectivity index (χ3n) is 1.45. The second kappa shape index (κ2) is 3.57. The van der Waals surface area contributed by atoms with Gasteiger partial charge in [-0.1, -0.05) is 27.5 Å². The van der Waals surface area contributed by atoms with Gasteiger partial charge < -0.3 is 5.73 Å². The van der Waals surface area contributed by atoms with Crippen molar-refractivity contribution in [2.75, 3.05) is 0 Å². The molecule has 1 nitrogen and oxygen atoms in total. The molecule has 0 aromatic heterocycles. The van der Waals surface area contributed by atoms with Gasteiger partial charge in [-0.05, 0) is 30.7 Å². The Morgan fingerprint density at radius 3 is 2.64 bits per heavy atom. The lowest BCUT2D eigenvalue weighted by atomic mass is 10.1. The van der Waals surface area contributed by atoms with E-state index in [0.29, 0.717) is 0 Å². The van der Waals surface area contributed by atoms with Gasteiger partial charge >= 0.3 is 0 Å². The first-order valence-electron chi connectivity index (χ1n) is 3.32. The first kappa shape index (κ1) is 9.04. The summed E-state index contributed by atoms with van der Waals surface area (Å²) in [6.07, 6.45) is 0. The number of halogens is 2. The molecule has 1 aromatic carbocycles. The molecule has 11 heavy (non-hydrogen) atoms. The normalized spacial score (nSPS) is 13.1. The third kappa shape index (κ3) is 2.19. The molecule has 2 N–H and O–H groups in total. The fourth-order valence-electron chi connectivity index (χ4n) is 0.864. The summed E-state index contributed by atoms with van der Waals surface area (Å²) >= 11 is 9.18. The van der Waals surface area contributed by atoms with E-state index in [1.54, 1.807) is 0 Å². The number of hydrogen-bond acceptors (Lipinski definition) is 1. The average molecular weight is 235 g/mol. The Hall–Kier alpha value is -0.0500. The Morgan fingerprint density at radius 1 is 1.55 bits per heavy atom. The van der Waals surface area contributed by atoms with Crippen molar-refractivity contribution >= 4 is 27.5 Å². The van der Waals surface area contributed by atoms with Gasteiger partial charge in [-0.25, -0.2) is 0 Å². The molecule has 0 radical (unpaired) electrons. The lowest BCUT2D eigenvalue weighted by Gasteiger charge is -2.07. The highest BCUT2D eigenvalue weighted by atomic mass is 79.9. The van der Waals surface area contributed by atoms with Crippen LogP contribution in [0, 0.1) is 0 Å². The summed E-state index contributed by atoms with van der Waals surface area (Å²) in [5.74, 6) is 0. The maximum Gasteiger partial charge on any atom is 0.0410 e. The Bertz CT molecular complexity index is 260. The van der Waals surface area contributed by atoms with Crippen LogP contribution in [0.5, 0.6) is 0 Å². The third-order valence-corrected chi connectivity index (χ3v) is 2.41. The van der Waals surface area contributed by atoms with Crippen LogP contribution in [0.3, 0.4) is 0 Å². The molecule has 1 aromatic rings. The van der Waals surface area contributed by atoms with E-state index in [1.807, 2.05) is 25.1 Å². The van der Waals surface area contributed by atoms with Crippen LogP contribution in [-0.4, -0.2) is 0 Å². The molecule has 60 valence electrons. The molecule has 0 aliphatic heterocycles. The molecule has 0 aliphatic rings. The molecular weight excluding hydrogens is 225 g/mol. The smallest absolute Gasteiger partial charge is 0.0410 e. The topological polar surface area (TPSA) is 26.0 Å². The molecule has 0 fully saturated rings. The van der Waals surface area contributed by atoms with Crippen LogP contribution in [0.15, 0.2) is 22.7 Å². The van der Waals surface area contributed by atoms with Gasteiger partial charge in [-0.3, -0.25) is 0 Å². The number of nitrogens with two attached hydrogens (primary N) is 1. The van der Waals surface area contributed by atoms with Crippen LogP contribution >= 0.6 is 27.5 Å². The van der Waals surface area contributed by atoms with E-state index in [1.165, 1.54) is 0 Å². The summed E-state index contributed by atoms with van der Waals surface area (Å²) < 4.78 is 1.01. The highest BCUT2D eigenvalue weighted by Gasteiger charge is 2.04. The van der Waals surface area contributed by atoms with Crippen molar-refractivity contribution in [3.8, 4) is 0 Å². The molecule has 0 bridgehead atoms. The fraction of sp³-hybridized carbons (Fsp3) is 0.250. The van der Waals surface area contributed by atoms with Gasteiger partial charge in [0.15, 0.2) is 0 Å². The second-order valence-electron chi connectivity index (χ2n) is 2.45. The highest BCUT2D eigenvalue weighted by molar-refractivity contribution is 9.10. The van der Waals surface area contributed by atoms with Crippen LogP contribution in [0.2, 0.25) is 5.02 Å². The Morgan fingerprint density at radius 2 is 2.18 bits per heavy atom. The van der Waals surface area contributed by atoms with Crippen molar-refractivity contribution in [1.82, 2.24) is 0 Å². The molecule has 0 unspecified atom stereocenters. The van der Waals surface area contributed by atoms with Gasteiger partial charge in [0.05, 0.1) is 0 Å². The zero-order chi connectivity index (χ0) is 8.43. The Kier molecular flexibility index (Phi) is 2.93. The molecule has 0 saturated carbocycles. The van der Waals surface area contributed by atoms with Gasteiger partial charge in [0.1, 0.15) is 0 Å². The van der Waals surface area contributed by atoms with E-state index >= 15 is 0 Å². The standard InChI is InChI=1S/C8H9BrClN/c1-5(11)7-4-6(10)2-3-8(7)9/h2-5H,11H2,1H3/t5-/m0/s1. The van der Waals surface area contributed by atoms with E-state index in [-0.39, 0.29) is 6.04 Å². The van der Waals surface area contributed by atoms with Crippen LogP contribution in [0.25, 0.3) is 0 Å². The first-order valence-corrected chi connectivity index (χ1v) is 4.49. The van der Waals surface area contributed by atoms with Crippen molar-refractivity contribution in [2.45, 2.75) is 13.0 Å². The summed E-state index contributed by atoms with van der Waals surface area (Å²) in [5, 5.41) is 0.723. The van der Waals surface area contributed by atoms with Crippen LogP contribution in [0.1, 0.15) is 18.5 Å². The predicted octanol–water partition coefficient (Wildman–Crippen LogP) is 3.12. The van der Waals surface area contributed by atoms with Crippen molar-refractivity contribution < 1.29 is 0 Å². The molecule has 0 spiro atoms. The molecule has 1 rings (SSSR count). The number of benzene rings is 1. The van der Waals surface area contributed by atoms with Crippen LogP contribution in [0.4, 0.5) is 0 Å². The van der Waals surface area contributed by atoms with E-state index in [4.69, 9.17) is 17.3 Å². The van der Waals surface area contributed by atoms with Crippen molar-refractivity contribution in [3.05, 3.63) is 33.3 Å². The van der Waals surface area contributed by atoms with Crippen LogP contribution in [-0.2, 0) is 0 Å². The van der Waals surface area contributed by atoms with Crippen LogP contribution < -0.4 is 5.73 Å². The minimum Gasteiger partial charge on any atom is -0.324 e. The fourth-order valence-corrected chi connectivity index (χ4v) is 1.65. The molecule has 0 amide bonds. The summed E-state index contributed by atoms with van der Waals surface area (Å²) in [5.41, 5.74) is 6.73. The van der Waals surface area contributed by atoms with Gasteiger partial charge in [-0.15, -0.1) is 0 Å². The number of hydrogen-bond donors (Lipinski definition) is 1. The van der Waals surface area contributed by atoms with Crippen molar-refractivity contribution in [2.24, 2.45) is 5.73 Å². The molecule has 0 saturated heterocycles. The SMILES string of the molecule is C[C@H](N)c1cc(Cl)ccc1Br. The summed E-state index contributed by atoms with van der Waals surface area (Å²) in [4.78, 5) is 0. The lowest BCUT2D eigenvalue weighted by molar-refractivity contribution is 0.813. The Labute approximate surface area is 79.7 Å². The van der Waals surface area contributed by atoms with Gasteiger partial charge in [-0.2, -0.15) is 0 Å². The molecular formula is C8H9BrClN. The van der Waals surface area contributed by atoms with Crippen molar-refractivity contribution in [3.63, 3.8) is 0 Å². The molecule has 1 atom stereocenters. The Balaban J connectivity index is 3.13. The lowest BCUT2D eigenvalue weighted by Crippen LogP contribution is -2.05. The molecule has 0 heterocycles. The largest absolute Gasteiger partial charge is 0.324 e. The first-order chi connectivity index (χ1) is 5.11. The number of rotatable bonds is 1. The van der Waals surface area contributed by atoms with Gasteiger partial charge in [0, 0.05) is 15.5 Å². The highest BCUT2D eigenvalue weighted by Crippen LogP contribution is 2.24. The quantitative estimate of drug-likeness (QED) is 0.794. The zero-order valence-electron chi connectivity index (χ0n) is 6.14. The van der Waals surface area contributed by atoms with Crippen molar-refractivity contribution in [1.29, 1.82) is 0 Å². The maximum atomic E-state index is 5.78. The van der Waals surface area contributed by atoms with Gasteiger partial charge in [0.25, 0.3) is 0 Å². The maximum absolute atomic E-state index is 5.78. The molecule has 3 heteroatoms. The average Bonchev–Trinajstić information content (AvgIpc) is 1.94. The molecule has 0 aliphatic carbocycles. The summed E-state index contributed by atoms with van der Waals surface area (Å²) in [7, 11) is 0. The van der Waals surface area contributed by atoms with E-state index in [0.717, 1.165) is 15.1 Å². The minimum absolute atomic E-state index is 0.0167. The zero-order valence-corrected chi connectivity index (χ0v) is 8.48.